The Bertz CT molecular complexity index is 221. The van der Waals surface area contributed by atoms with Crippen LogP contribution in [0.2, 0.25) is 0 Å². The molecule has 11 heavy (non-hydrogen) atoms. The van der Waals surface area contributed by atoms with Crippen molar-refractivity contribution < 1.29 is 0 Å². The van der Waals surface area contributed by atoms with Gasteiger partial charge in [0.05, 0.1) is 11.1 Å². The second kappa shape index (κ2) is 3.67. The number of H-pyrrole nitrogens is 1. The van der Waals surface area contributed by atoms with Crippen molar-refractivity contribution in [1.29, 1.82) is 0 Å². The summed E-state index contributed by atoms with van der Waals surface area (Å²) in [5, 5.41) is 7.15. The maximum Gasteiger partial charge on any atom is 0.132 e. The predicted octanol–water partition coefficient (Wildman–Crippen LogP) is 1.88. The molecule has 1 aromatic rings. The van der Waals surface area contributed by atoms with Crippen LogP contribution in [0.1, 0.15) is 20.3 Å². The van der Waals surface area contributed by atoms with Crippen LogP contribution in [-0.4, -0.2) is 15.4 Å². The number of aromatic amines is 1. The van der Waals surface area contributed by atoms with Crippen LogP contribution in [0.3, 0.4) is 0 Å². The van der Waals surface area contributed by atoms with Crippen LogP contribution in [-0.2, 0) is 0 Å². The Balaban J connectivity index is 2.56. The zero-order valence-electron chi connectivity index (χ0n) is 6.79. The topological polar surface area (TPSA) is 54.7 Å². The fourth-order valence-electron chi connectivity index (χ4n) is 0.679. The zero-order valence-corrected chi connectivity index (χ0v) is 7.61. The van der Waals surface area contributed by atoms with E-state index < -0.39 is 0 Å². The molecule has 0 aliphatic rings. The number of anilines is 1. The first-order valence-corrected chi connectivity index (χ1v) is 4.57. The Kier molecular flexibility index (Phi) is 2.82. The summed E-state index contributed by atoms with van der Waals surface area (Å²) >= 11 is 1.76. The lowest BCUT2D eigenvalue weighted by molar-refractivity contribution is 0.906. The van der Waals surface area contributed by atoms with Gasteiger partial charge in [-0.3, -0.25) is 5.10 Å². The number of nitrogens with one attached hydrogen (secondary N) is 1. The molecule has 3 N–H and O–H groups in total. The monoisotopic (exact) mass is 171 g/mol. The van der Waals surface area contributed by atoms with Crippen molar-refractivity contribution in [3.05, 3.63) is 6.20 Å². The Labute approximate surface area is 70.8 Å². The minimum absolute atomic E-state index is 0.606. The van der Waals surface area contributed by atoms with Crippen molar-refractivity contribution in [1.82, 2.24) is 10.2 Å². The van der Waals surface area contributed by atoms with Crippen LogP contribution in [0.15, 0.2) is 11.1 Å². The summed E-state index contributed by atoms with van der Waals surface area (Å²) in [6, 6.07) is 0. The minimum atomic E-state index is 0.606. The van der Waals surface area contributed by atoms with Crippen LogP contribution in [0.25, 0.3) is 0 Å². The molecule has 4 heteroatoms. The van der Waals surface area contributed by atoms with Gasteiger partial charge in [-0.1, -0.05) is 13.8 Å². The summed E-state index contributed by atoms with van der Waals surface area (Å²) in [5.41, 5.74) is 5.60. The standard InChI is InChI=1S/C7H13N3S/c1-3-5(2)11-6-4-9-10-7(6)8/h4-5H,3H2,1-2H3,(H3,8,9,10). The van der Waals surface area contributed by atoms with Gasteiger partial charge in [-0.15, -0.1) is 11.8 Å². The molecule has 0 fully saturated rings. The van der Waals surface area contributed by atoms with Gasteiger partial charge in [0.2, 0.25) is 0 Å². The SMILES string of the molecule is CCC(C)Sc1cn[nH]c1N. The van der Waals surface area contributed by atoms with Gasteiger partial charge in [0, 0.05) is 5.25 Å². The number of nitrogens with two attached hydrogens (primary N) is 1. The highest BCUT2D eigenvalue weighted by atomic mass is 32.2. The van der Waals surface area contributed by atoms with Gasteiger partial charge in [-0.25, -0.2) is 0 Å². The van der Waals surface area contributed by atoms with E-state index in [1.54, 1.807) is 18.0 Å². The van der Waals surface area contributed by atoms with Crippen molar-refractivity contribution in [2.45, 2.75) is 30.4 Å². The van der Waals surface area contributed by atoms with Crippen LogP contribution >= 0.6 is 11.8 Å². The number of thioether (sulfide) groups is 1. The van der Waals surface area contributed by atoms with Crippen LogP contribution in [0, 0.1) is 0 Å². The Hall–Kier alpha value is -0.640. The number of hydrogen-bond donors (Lipinski definition) is 2. The highest BCUT2D eigenvalue weighted by Crippen LogP contribution is 2.27. The molecular weight excluding hydrogens is 158 g/mol. The van der Waals surface area contributed by atoms with Gasteiger partial charge < -0.3 is 5.73 Å². The lowest BCUT2D eigenvalue weighted by Gasteiger charge is -2.05. The van der Waals surface area contributed by atoms with Crippen molar-refractivity contribution in [2.75, 3.05) is 5.73 Å². The van der Waals surface area contributed by atoms with Crippen molar-refractivity contribution in [3.8, 4) is 0 Å². The Morgan fingerprint density at radius 1 is 1.82 bits per heavy atom. The molecule has 0 aromatic carbocycles. The molecule has 1 heterocycles. The average Bonchev–Trinajstić information content (AvgIpc) is 2.37. The highest BCUT2D eigenvalue weighted by molar-refractivity contribution is 8.00. The number of rotatable bonds is 3. The molecule has 0 spiro atoms. The van der Waals surface area contributed by atoms with E-state index in [1.165, 1.54) is 0 Å². The number of hydrogen-bond acceptors (Lipinski definition) is 3. The van der Waals surface area contributed by atoms with E-state index in [9.17, 15) is 0 Å². The molecule has 1 aromatic heterocycles. The lowest BCUT2D eigenvalue weighted by atomic mass is 10.4. The normalized spacial score (nSPS) is 13.3. The first kappa shape index (κ1) is 8.46. The van der Waals surface area contributed by atoms with Gasteiger partial charge in [0.25, 0.3) is 0 Å². The number of aromatic nitrogens is 2. The molecule has 1 unspecified atom stereocenters. The third-order valence-electron chi connectivity index (χ3n) is 1.54. The fraction of sp³-hybridized carbons (Fsp3) is 0.571. The largest absolute Gasteiger partial charge is 0.383 e. The number of nitrogen functional groups attached to an aromatic ring is 1. The van der Waals surface area contributed by atoms with Crippen molar-refractivity contribution in [3.63, 3.8) is 0 Å². The van der Waals surface area contributed by atoms with Gasteiger partial charge in [0.15, 0.2) is 0 Å². The van der Waals surface area contributed by atoms with E-state index in [2.05, 4.69) is 24.0 Å². The summed E-state index contributed by atoms with van der Waals surface area (Å²) in [6.07, 6.45) is 2.92. The van der Waals surface area contributed by atoms with Crippen LogP contribution in [0.4, 0.5) is 5.82 Å². The Morgan fingerprint density at radius 2 is 2.55 bits per heavy atom. The summed E-state index contributed by atoms with van der Waals surface area (Å²) in [4.78, 5) is 1.05. The summed E-state index contributed by atoms with van der Waals surface area (Å²) in [5.74, 6) is 0.676. The summed E-state index contributed by atoms with van der Waals surface area (Å²) < 4.78 is 0. The van der Waals surface area contributed by atoms with E-state index in [-0.39, 0.29) is 0 Å². The van der Waals surface area contributed by atoms with Gasteiger partial charge >= 0.3 is 0 Å². The molecule has 1 rings (SSSR count). The van der Waals surface area contributed by atoms with Gasteiger partial charge in [0.1, 0.15) is 5.82 Å². The third-order valence-corrected chi connectivity index (χ3v) is 2.85. The van der Waals surface area contributed by atoms with Gasteiger partial charge in [-0.05, 0) is 6.42 Å². The molecule has 0 amide bonds. The molecule has 0 aliphatic heterocycles. The van der Waals surface area contributed by atoms with Crippen LogP contribution < -0.4 is 5.73 Å². The average molecular weight is 171 g/mol. The molecule has 62 valence electrons. The smallest absolute Gasteiger partial charge is 0.132 e. The summed E-state index contributed by atoms with van der Waals surface area (Å²) in [7, 11) is 0. The van der Waals surface area contributed by atoms with Crippen molar-refractivity contribution in [2.24, 2.45) is 0 Å². The minimum Gasteiger partial charge on any atom is -0.383 e. The second-order valence-electron chi connectivity index (χ2n) is 2.48. The van der Waals surface area contributed by atoms with Crippen LogP contribution in [0.5, 0.6) is 0 Å². The maximum atomic E-state index is 5.60. The molecule has 0 saturated carbocycles. The van der Waals surface area contributed by atoms with Gasteiger partial charge in [-0.2, -0.15) is 5.10 Å². The first-order chi connectivity index (χ1) is 5.24. The Morgan fingerprint density at radius 3 is 3.00 bits per heavy atom. The van der Waals surface area contributed by atoms with Crippen molar-refractivity contribution >= 4 is 17.6 Å². The molecule has 0 aliphatic carbocycles. The summed E-state index contributed by atoms with van der Waals surface area (Å²) in [6.45, 7) is 4.34. The second-order valence-corrected chi connectivity index (χ2v) is 3.96. The molecule has 0 bridgehead atoms. The molecular formula is C7H13N3S. The zero-order chi connectivity index (χ0) is 8.27. The molecule has 0 saturated heterocycles. The quantitative estimate of drug-likeness (QED) is 0.683. The first-order valence-electron chi connectivity index (χ1n) is 3.69. The van der Waals surface area contributed by atoms with E-state index in [4.69, 9.17) is 5.73 Å². The van der Waals surface area contributed by atoms with E-state index in [1.807, 2.05) is 0 Å². The maximum absolute atomic E-state index is 5.60. The highest BCUT2D eigenvalue weighted by Gasteiger charge is 2.05. The predicted molar refractivity (Wildman–Crippen MR) is 48.6 cm³/mol. The number of nitrogens with zero attached hydrogens (tertiary/aromatic N) is 1. The lowest BCUT2D eigenvalue weighted by Crippen LogP contribution is -1.93. The third kappa shape index (κ3) is 2.15. The molecule has 1 atom stereocenters. The fourth-order valence-corrected chi connectivity index (χ4v) is 1.57. The van der Waals surface area contributed by atoms with E-state index >= 15 is 0 Å². The molecule has 3 nitrogen and oxygen atoms in total. The van der Waals surface area contributed by atoms with E-state index in [0.29, 0.717) is 11.1 Å². The van der Waals surface area contributed by atoms with E-state index in [0.717, 1.165) is 11.3 Å². The molecule has 0 radical (unpaired) electrons.